The van der Waals surface area contributed by atoms with Crippen LogP contribution in [0.5, 0.6) is 0 Å². The number of fused-ring (bicyclic) bond motifs is 2. The Morgan fingerprint density at radius 3 is 2.50 bits per heavy atom. The van der Waals surface area contributed by atoms with Crippen LogP contribution >= 0.6 is 23.2 Å². The lowest BCUT2D eigenvalue weighted by Crippen LogP contribution is -2.31. The lowest BCUT2D eigenvalue weighted by Gasteiger charge is -2.27. The van der Waals surface area contributed by atoms with Crippen molar-refractivity contribution in [3.8, 4) is 0 Å². The summed E-state index contributed by atoms with van der Waals surface area (Å²) >= 11 is 12.6. The second kappa shape index (κ2) is 6.25. The Hall–Kier alpha value is -0.240. The van der Waals surface area contributed by atoms with Gasteiger partial charge >= 0.3 is 0 Å². The van der Waals surface area contributed by atoms with Gasteiger partial charge in [0.25, 0.3) is 0 Å². The van der Waals surface area contributed by atoms with Crippen molar-refractivity contribution in [1.29, 1.82) is 0 Å². The Balaban J connectivity index is 1.65. The van der Waals surface area contributed by atoms with Crippen LogP contribution in [0.2, 0.25) is 10.0 Å². The lowest BCUT2D eigenvalue weighted by molar-refractivity contribution is 0.281. The molecule has 0 saturated heterocycles. The van der Waals surface area contributed by atoms with Gasteiger partial charge in [0.05, 0.1) is 0 Å². The fourth-order valence-electron chi connectivity index (χ4n) is 4.31. The third kappa shape index (κ3) is 3.00. The fourth-order valence-corrected chi connectivity index (χ4v) is 4.86. The van der Waals surface area contributed by atoms with E-state index < -0.39 is 0 Å². The van der Waals surface area contributed by atoms with E-state index in [9.17, 15) is 0 Å². The first-order chi connectivity index (χ1) is 9.67. The molecule has 2 aliphatic carbocycles. The van der Waals surface area contributed by atoms with Crippen molar-refractivity contribution in [2.24, 2.45) is 17.8 Å². The molecule has 0 aliphatic heterocycles. The minimum absolute atomic E-state index is 0.483. The molecule has 110 valence electrons. The molecule has 2 bridgehead atoms. The van der Waals surface area contributed by atoms with Crippen molar-refractivity contribution < 1.29 is 0 Å². The van der Waals surface area contributed by atoms with Gasteiger partial charge in [-0.15, -0.1) is 0 Å². The standard InChI is InChI=1S/C17H23Cl2N/c1-20-14(9-13-8-11-5-6-12(13)7-11)10-15-16(18)3-2-4-17(15)19/h2-4,11-14,20H,5-10H2,1H3. The van der Waals surface area contributed by atoms with E-state index in [0.717, 1.165) is 39.8 Å². The van der Waals surface area contributed by atoms with Gasteiger partial charge in [0.2, 0.25) is 0 Å². The Bertz CT molecular complexity index is 454. The number of halogens is 2. The van der Waals surface area contributed by atoms with Gasteiger partial charge in [0.1, 0.15) is 0 Å². The first-order valence-corrected chi connectivity index (χ1v) is 8.53. The summed E-state index contributed by atoms with van der Waals surface area (Å²) in [5.41, 5.74) is 1.10. The molecule has 4 atom stereocenters. The average Bonchev–Trinajstić information content (AvgIpc) is 3.04. The second-order valence-electron chi connectivity index (χ2n) is 6.56. The normalized spacial score (nSPS) is 29.9. The zero-order chi connectivity index (χ0) is 14.1. The predicted molar refractivity (Wildman–Crippen MR) is 86.6 cm³/mol. The molecule has 1 nitrogen and oxygen atoms in total. The topological polar surface area (TPSA) is 12.0 Å². The molecule has 0 heterocycles. The van der Waals surface area contributed by atoms with Gasteiger partial charge in [-0.2, -0.15) is 0 Å². The second-order valence-corrected chi connectivity index (χ2v) is 7.37. The Morgan fingerprint density at radius 1 is 1.20 bits per heavy atom. The molecule has 0 radical (unpaired) electrons. The summed E-state index contributed by atoms with van der Waals surface area (Å²) in [6.07, 6.45) is 8.05. The average molecular weight is 312 g/mol. The number of rotatable bonds is 5. The molecule has 20 heavy (non-hydrogen) atoms. The summed E-state index contributed by atoms with van der Waals surface area (Å²) in [5, 5.41) is 5.07. The maximum atomic E-state index is 6.30. The number of likely N-dealkylation sites (N-methyl/N-ethyl adjacent to an activating group) is 1. The Labute approximate surface area is 132 Å². The van der Waals surface area contributed by atoms with Crippen LogP contribution < -0.4 is 5.32 Å². The van der Waals surface area contributed by atoms with E-state index in [1.54, 1.807) is 0 Å². The van der Waals surface area contributed by atoms with Crippen LogP contribution in [0.4, 0.5) is 0 Å². The maximum Gasteiger partial charge on any atom is 0.0453 e. The van der Waals surface area contributed by atoms with Gasteiger partial charge < -0.3 is 5.32 Å². The van der Waals surface area contributed by atoms with Crippen molar-refractivity contribution in [3.05, 3.63) is 33.8 Å². The van der Waals surface area contributed by atoms with Crippen LogP contribution in [0.1, 0.15) is 37.7 Å². The van der Waals surface area contributed by atoms with Crippen LogP contribution in [-0.4, -0.2) is 13.1 Å². The minimum atomic E-state index is 0.483. The van der Waals surface area contributed by atoms with Gasteiger partial charge in [0.15, 0.2) is 0 Å². The molecule has 1 aromatic rings. The maximum absolute atomic E-state index is 6.30. The predicted octanol–water partition coefficient (Wildman–Crippen LogP) is 4.95. The Kier molecular flexibility index (Phi) is 4.59. The van der Waals surface area contributed by atoms with Gasteiger partial charge in [-0.25, -0.2) is 0 Å². The number of hydrogen-bond donors (Lipinski definition) is 1. The summed E-state index contributed by atoms with van der Waals surface area (Å²) in [4.78, 5) is 0. The fraction of sp³-hybridized carbons (Fsp3) is 0.647. The molecule has 2 fully saturated rings. The molecule has 0 amide bonds. The molecule has 4 unspecified atom stereocenters. The minimum Gasteiger partial charge on any atom is -0.317 e. The van der Waals surface area contributed by atoms with Crippen molar-refractivity contribution in [3.63, 3.8) is 0 Å². The van der Waals surface area contributed by atoms with Crippen LogP contribution in [0.25, 0.3) is 0 Å². The molecule has 1 aromatic carbocycles. The van der Waals surface area contributed by atoms with E-state index in [4.69, 9.17) is 23.2 Å². The monoisotopic (exact) mass is 311 g/mol. The van der Waals surface area contributed by atoms with Crippen molar-refractivity contribution in [2.75, 3.05) is 7.05 Å². The quantitative estimate of drug-likeness (QED) is 0.811. The smallest absolute Gasteiger partial charge is 0.0453 e. The zero-order valence-electron chi connectivity index (χ0n) is 12.0. The van der Waals surface area contributed by atoms with Crippen molar-refractivity contribution in [1.82, 2.24) is 5.32 Å². The third-order valence-corrected chi connectivity index (χ3v) is 6.10. The summed E-state index contributed by atoms with van der Waals surface area (Å²) in [7, 11) is 2.06. The zero-order valence-corrected chi connectivity index (χ0v) is 13.6. The number of nitrogens with one attached hydrogen (secondary N) is 1. The van der Waals surface area contributed by atoms with E-state index in [-0.39, 0.29) is 0 Å². The highest BCUT2D eigenvalue weighted by atomic mass is 35.5. The van der Waals surface area contributed by atoms with Crippen molar-refractivity contribution >= 4 is 23.2 Å². The molecule has 1 N–H and O–H groups in total. The van der Waals surface area contributed by atoms with Crippen LogP contribution in [0, 0.1) is 17.8 Å². The molecular weight excluding hydrogens is 289 g/mol. The van der Waals surface area contributed by atoms with E-state index >= 15 is 0 Å². The Morgan fingerprint density at radius 2 is 1.95 bits per heavy atom. The van der Waals surface area contributed by atoms with E-state index in [1.165, 1.54) is 32.1 Å². The highest BCUT2D eigenvalue weighted by molar-refractivity contribution is 6.36. The van der Waals surface area contributed by atoms with Crippen LogP contribution in [0.15, 0.2) is 18.2 Å². The van der Waals surface area contributed by atoms with E-state index in [1.807, 2.05) is 18.2 Å². The summed E-state index contributed by atoms with van der Waals surface area (Å²) < 4.78 is 0. The first kappa shape index (κ1) is 14.7. The van der Waals surface area contributed by atoms with Gasteiger partial charge in [-0.3, -0.25) is 0 Å². The third-order valence-electron chi connectivity index (χ3n) is 5.39. The number of benzene rings is 1. The van der Waals surface area contributed by atoms with E-state index in [2.05, 4.69) is 12.4 Å². The summed E-state index contributed by atoms with van der Waals surface area (Å²) in [5.74, 6) is 2.91. The largest absolute Gasteiger partial charge is 0.317 e. The van der Waals surface area contributed by atoms with Crippen molar-refractivity contribution in [2.45, 2.75) is 44.6 Å². The summed E-state index contributed by atoms with van der Waals surface area (Å²) in [6, 6.07) is 6.27. The summed E-state index contributed by atoms with van der Waals surface area (Å²) in [6.45, 7) is 0. The van der Waals surface area contributed by atoms with Crippen LogP contribution in [-0.2, 0) is 6.42 Å². The molecule has 3 heteroatoms. The highest BCUT2D eigenvalue weighted by Crippen LogP contribution is 2.50. The van der Waals surface area contributed by atoms with Gasteiger partial charge in [-0.05, 0) is 74.6 Å². The molecule has 0 spiro atoms. The number of hydrogen-bond acceptors (Lipinski definition) is 1. The van der Waals surface area contributed by atoms with Gasteiger partial charge in [0, 0.05) is 16.1 Å². The van der Waals surface area contributed by atoms with E-state index in [0.29, 0.717) is 6.04 Å². The first-order valence-electron chi connectivity index (χ1n) is 7.77. The highest BCUT2D eigenvalue weighted by Gasteiger charge is 2.39. The SMILES string of the molecule is CNC(Cc1c(Cl)cccc1Cl)CC1CC2CCC1C2. The van der Waals surface area contributed by atoms with Crippen LogP contribution in [0.3, 0.4) is 0 Å². The molecule has 2 aliphatic rings. The molecular formula is C17H23Cl2N. The molecule has 2 saturated carbocycles. The van der Waals surface area contributed by atoms with Gasteiger partial charge in [-0.1, -0.05) is 35.7 Å². The lowest BCUT2D eigenvalue weighted by atomic mass is 9.83. The molecule has 3 rings (SSSR count). The molecule has 0 aromatic heterocycles.